The summed E-state index contributed by atoms with van der Waals surface area (Å²) in [6.07, 6.45) is -4.72. The predicted octanol–water partition coefficient (Wildman–Crippen LogP) is 6.65. The molecule has 0 aliphatic rings. The lowest BCUT2D eigenvalue weighted by Gasteiger charge is -2.23. The van der Waals surface area contributed by atoms with Crippen molar-refractivity contribution < 1.29 is 36.6 Å². The monoisotopic (exact) mass is 561 g/mol. The van der Waals surface area contributed by atoms with Gasteiger partial charge in [0.05, 0.1) is 24.2 Å². The quantitative estimate of drug-likeness (QED) is 0.224. The second-order valence-electron chi connectivity index (χ2n) is 8.37. The van der Waals surface area contributed by atoms with Crippen LogP contribution in [0, 0.1) is 11.6 Å². The standard InChI is InChI=1S/C27H20F5N3O3S/c28-21-10-5-18(13-22(21)29)23-15-39-26(34-23)35(20-8-6-19(7-9-20)27(30,31)32)14-16-1-3-17(4-2-16)25(38)33-12-11-24(36)37/h1-10,13,15H,11-12,14H2,(H,33,38)(H,36,37). The molecule has 202 valence electrons. The van der Waals surface area contributed by atoms with Gasteiger partial charge in [-0.25, -0.2) is 13.8 Å². The molecule has 0 atom stereocenters. The fraction of sp³-hybridized carbons (Fsp3) is 0.148. The Bertz CT molecular complexity index is 1470. The zero-order valence-electron chi connectivity index (χ0n) is 20.0. The van der Waals surface area contributed by atoms with Crippen molar-refractivity contribution >= 4 is 34.0 Å². The molecule has 1 heterocycles. The summed E-state index contributed by atoms with van der Waals surface area (Å²) in [6, 6.07) is 14.3. The minimum Gasteiger partial charge on any atom is -0.481 e. The SMILES string of the molecule is O=C(O)CCNC(=O)c1ccc(CN(c2ccc(C(F)(F)F)cc2)c2nc(-c3ccc(F)c(F)c3)cs2)cc1. The number of benzene rings is 3. The van der Waals surface area contributed by atoms with E-state index >= 15 is 0 Å². The predicted molar refractivity (Wildman–Crippen MR) is 136 cm³/mol. The summed E-state index contributed by atoms with van der Waals surface area (Å²) in [4.78, 5) is 29.0. The summed E-state index contributed by atoms with van der Waals surface area (Å²) in [5.41, 5.74) is 1.29. The maximum absolute atomic E-state index is 13.8. The molecule has 0 fully saturated rings. The van der Waals surface area contributed by atoms with E-state index in [-0.39, 0.29) is 19.5 Å². The topological polar surface area (TPSA) is 82.5 Å². The Hall–Kier alpha value is -4.32. The zero-order chi connectivity index (χ0) is 28.2. The van der Waals surface area contributed by atoms with E-state index in [1.165, 1.54) is 29.5 Å². The third-order valence-electron chi connectivity index (χ3n) is 5.63. The first-order valence-corrected chi connectivity index (χ1v) is 12.3. The molecular weight excluding hydrogens is 541 g/mol. The first-order valence-electron chi connectivity index (χ1n) is 11.5. The van der Waals surface area contributed by atoms with Crippen LogP contribution in [0.2, 0.25) is 0 Å². The number of amides is 1. The number of alkyl halides is 3. The summed E-state index contributed by atoms with van der Waals surface area (Å²) < 4.78 is 66.5. The van der Waals surface area contributed by atoms with Crippen LogP contribution in [0.15, 0.2) is 72.1 Å². The number of carboxylic acids is 1. The number of halogens is 5. The third-order valence-corrected chi connectivity index (χ3v) is 6.49. The van der Waals surface area contributed by atoms with Gasteiger partial charge in [0, 0.05) is 28.7 Å². The lowest BCUT2D eigenvalue weighted by molar-refractivity contribution is -0.138. The average molecular weight is 562 g/mol. The van der Waals surface area contributed by atoms with Crippen LogP contribution < -0.4 is 10.2 Å². The van der Waals surface area contributed by atoms with E-state index < -0.39 is 35.3 Å². The molecule has 0 saturated carbocycles. The van der Waals surface area contributed by atoms with Crippen molar-refractivity contribution in [2.24, 2.45) is 0 Å². The first kappa shape index (κ1) is 27.7. The van der Waals surface area contributed by atoms with E-state index in [4.69, 9.17) is 5.11 Å². The van der Waals surface area contributed by atoms with Crippen molar-refractivity contribution in [1.29, 1.82) is 0 Å². The molecule has 0 unspecified atom stereocenters. The van der Waals surface area contributed by atoms with Crippen molar-refractivity contribution in [3.05, 3.63) is 100 Å². The molecule has 6 nitrogen and oxygen atoms in total. The van der Waals surface area contributed by atoms with E-state index in [1.807, 2.05) is 0 Å². The highest BCUT2D eigenvalue weighted by molar-refractivity contribution is 7.14. The normalized spacial score (nSPS) is 11.3. The highest BCUT2D eigenvalue weighted by atomic mass is 32.1. The highest BCUT2D eigenvalue weighted by Crippen LogP contribution is 2.36. The Morgan fingerprint density at radius 3 is 2.26 bits per heavy atom. The molecule has 12 heteroatoms. The van der Waals surface area contributed by atoms with Gasteiger partial charge in [0.2, 0.25) is 0 Å². The zero-order valence-corrected chi connectivity index (χ0v) is 20.8. The summed E-state index contributed by atoms with van der Waals surface area (Å²) in [6.45, 7) is 0.138. The van der Waals surface area contributed by atoms with Gasteiger partial charge in [-0.3, -0.25) is 9.59 Å². The van der Waals surface area contributed by atoms with Gasteiger partial charge >= 0.3 is 12.1 Å². The number of aliphatic carboxylic acids is 1. The number of carbonyl (C=O) groups is 2. The smallest absolute Gasteiger partial charge is 0.416 e. The van der Waals surface area contributed by atoms with Gasteiger partial charge in [-0.2, -0.15) is 13.2 Å². The van der Waals surface area contributed by atoms with E-state index in [2.05, 4.69) is 10.3 Å². The van der Waals surface area contributed by atoms with Crippen LogP contribution in [-0.2, 0) is 17.5 Å². The molecule has 0 saturated heterocycles. The van der Waals surface area contributed by atoms with Crippen molar-refractivity contribution in [3.8, 4) is 11.3 Å². The molecule has 3 aromatic carbocycles. The average Bonchev–Trinajstić information content (AvgIpc) is 3.38. The Morgan fingerprint density at radius 2 is 1.64 bits per heavy atom. The number of nitrogens with one attached hydrogen (secondary N) is 1. The van der Waals surface area contributed by atoms with Gasteiger partial charge < -0.3 is 15.3 Å². The first-order chi connectivity index (χ1) is 18.5. The molecular formula is C27H20F5N3O3S. The van der Waals surface area contributed by atoms with Crippen molar-refractivity contribution in [2.75, 3.05) is 11.4 Å². The van der Waals surface area contributed by atoms with Crippen LogP contribution >= 0.6 is 11.3 Å². The van der Waals surface area contributed by atoms with Crippen LogP contribution in [0.4, 0.5) is 32.8 Å². The molecule has 1 aromatic heterocycles. The number of hydrogen-bond acceptors (Lipinski definition) is 5. The molecule has 0 aliphatic carbocycles. The number of hydrogen-bond donors (Lipinski definition) is 2. The molecule has 4 rings (SSSR count). The second-order valence-corrected chi connectivity index (χ2v) is 9.21. The van der Waals surface area contributed by atoms with Crippen molar-refractivity contribution in [2.45, 2.75) is 19.1 Å². The van der Waals surface area contributed by atoms with Gasteiger partial charge in [0.25, 0.3) is 5.91 Å². The van der Waals surface area contributed by atoms with E-state index in [0.717, 1.165) is 24.3 Å². The van der Waals surface area contributed by atoms with Gasteiger partial charge in [0.15, 0.2) is 16.8 Å². The number of anilines is 2. The molecule has 2 N–H and O–H groups in total. The highest BCUT2D eigenvalue weighted by Gasteiger charge is 2.30. The lowest BCUT2D eigenvalue weighted by Crippen LogP contribution is -2.26. The Morgan fingerprint density at radius 1 is 0.949 bits per heavy atom. The Labute approximate surface area is 223 Å². The van der Waals surface area contributed by atoms with E-state index in [1.54, 1.807) is 34.5 Å². The minimum atomic E-state index is -4.51. The van der Waals surface area contributed by atoms with Crippen LogP contribution in [0.1, 0.15) is 27.9 Å². The Balaban J connectivity index is 1.61. The third kappa shape index (κ3) is 6.96. The summed E-state index contributed by atoms with van der Waals surface area (Å²) in [7, 11) is 0. The number of carbonyl (C=O) groups excluding carboxylic acids is 1. The number of nitrogens with zero attached hydrogens (tertiary/aromatic N) is 2. The summed E-state index contributed by atoms with van der Waals surface area (Å²) in [5.74, 6) is -3.52. The van der Waals surface area contributed by atoms with Crippen LogP contribution in [0.3, 0.4) is 0 Å². The van der Waals surface area contributed by atoms with Gasteiger partial charge in [-0.1, -0.05) is 12.1 Å². The largest absolute Gasteiger partial charge is 0.481 e. The molecule has 0 spiro atoms. The molecule has 0 aliphatic heterocycles. The van der Waals surface area contributed by atoms with Gasteiger partial charge in [-0.15, -0.1) is 11.3 Å². The van der Waals surface area contributed by atoms with Crippen LogP contribution in [0.25, 0.3) is 11.3 Å². The maximum atomic E-state index is 13.8. The van der Waals surface area contributed by atoms with Crippen molar-refractivity contribution in [1.82, 2.24) is 10.3 Å². The number of thiazole rings is 1. The maximum Gasteiger partial charge on any atom is 0.416 e. The molecule has 0 radical (unpaired) electrons. The number of carboxylic acid groups (broad SMARTS) is 1. The molecule has 0 bridgehead atoms. The fourth-order valence-electron chi connectivity index (χ4n) is 3.61. The van der Waals surface area contributed by atoms with Crippen LogP contribution in [-0.4, -0.2) is 28.5 Å². The second kappa shape index (κ2) is 11.6. The van der Waals surface area contributed by atoms with Crippen molar-refractivity contribution in [3.63, 3.8) is 0 Å². The summed E-state index contributed by atoms with van der Waals surface area (Å²) in [5, 5.41) is 13.2. The van der Waals surface area contributed by atoms with Gasteiger partial charge in [0.1, 0.15) is 0 Å². The fourth-order valence-corrected chi connectivity index (χ4v) is 4.46. The molecule has 39 heavy (non-hydrogen) atoms. The lowest BCUT2D eigenvalue weighted by atomic mass is 10.1. The van der Waals surface area contributed by atoms with Crippen LogP contribution in [0.5, 0.6) is 0 Å². The van der Waals surface area contributed by atoms with Gasteiger partial charge in [-0.05, 0) is 60.2 Å². The molecule has 4 aromatic rings. The number of aromatic nitrogens is 1. The van der Waals surface area contributed by atoms with E-state index in [0.29, 0.717) is 33.2 Å². The van der Waals surface area contributed by atoms with E-state index in [9.17, 15) is 31.5 Å². The number of rotatable bonds is 9. The minimum absolute atomic E-state index is 0.0258. The Kier molecular flexibility index (Phi) is 8.24. The summed E-state index contributed by atoms with van der Waals surface area (Å²) >= 11 is 1.17. The molecule has 1 amide bonds.